The molecule has 4 heteroatoms. The Balaban J connectivity index is 4.01. The molecule has 3 nitrogen and oxygen atoms in total. The molecule has 0 radical (unpaired) electrons. The molecule has 0 saturated heterocycles. The molecule has 0 bridgehead atoms. The third-order valence-corrected chi connectivity index (χ3v) is 0.842. The van der Waals surface area contributed by atoms with Crippen molar-refractivity contribution >= 4 is 5.97 Å². The van der Waals surface area contributed by atoms with Crippen molar-refractivity contribution in [1.29, 1.82) is 0 Å². The first-order valence-electron chi connectivity index (χ1n) is 3.28. The number of carbonyl (C=O) groups is 1. The summed E-state index contributed by atoms with van der Waals surface area (Å²) < 4.78 is 17.0. The Hall–Kier alpha value is -1.06. The van der Waals surface area contributed by atoms with Crippen LogP contribution in [0.4, 0.5) is 4.39 Å². The maximum atomic E-state index is 12.6. The first-order valence-corrected chi connectivity index (χ1v) is 3.28. The quantitative estimate of drug-likeness (QED) is 0.455. The molecular weight excluding hydrogens is 149 g/mol. The lowest BCUT2D eigenvalue weighted by molar-refractivity contribution is -0.140. The molecule has 0 fully saturated rings. The lowest BCUT2D eigenvalue weighted by atomic mass is 10.5. The van der Waals surface area contributed by atoms with Gasteiger partial charge in [-0.15, -0.1) is 0 Å². The fourth-order valence-corrected chi connectivity index (χ4v) is 0.479. The maximum Gasteiger partial charge on any atom is 0.368 e. The fraction of sp³-hybridized carbons (Fsp3) is 0.571. The third-order valence-electron chi connectivity index (χ3n) is 0.842. The van der Waals surface area contributed by atoms with Gasteiger partial charge in [0.2, 0.25) is 5.83 Å². The largest absolute Gasteiger partial charge is 0.461 e. The highest BCUT2D eigenvalue weighted by atomic mass is 19.1. The van der Waals surface area contributed by atoms with Gasteiger partial charge >= 0.3 is 5.97 Å². The second-order valence-corrected chi connectivity index (χ2v) is 2.16. The Morgan fingerprint density at radius 1 is 1.64 bits per heavy atom. The lowest BCUT2D eigenvalue weighted by Crippen LogP contribution is -2.09. The van der Waals surface area contributed by atoms with Gasteiger partial charge in [0.25, 0.3) is 0 Å². The molecule has 0 aromatic carbocycles. The van der Waals surface area contributed by atoms with E-state index in [0.29, 0.717) is 0 Å². The Kier molecular flexibility index (Phi) is 4.26. The van der Waals surface area contributed by atoms with Crippen molar-refractivity contribution in [2.24, 2.45) is 0 Å². The number of nitrogens with zero attached hydrogens (tertiary/aromatic N) is 1. The summed E-state index contributed by atoms with van der Waals surface area (Å²) >= 11 is 0. The zero-order valence-corrected chi connectivity index (χ0v) is 6.93. The standard InChI is InChI=1S/C7H12FNO2/c1-4-11-7(10)6(8)5-9(2)3/h5H,4H2,1-3H3/b6-5-. The number of carbonyl (C=O) groups excluding carboxylic acids is 1. The molecule has 64 valence electrons. The summed E-state index contributed by atoms with van der Waals surface area (Å²) in [5.74, 6) is -1.79. The normalized spacial score (nSPS) is 11.1. The number of ether oxygens (including phenoxy) is 1. The average Bonchev–Trinajstić information content (AvgIpc) is 1.86. The van der Waals surface area contributed by atoms with Crippen LogP contribution in [-0.4, -0.2) is 31.6 Å². The molecule has 0 aliphatic carbocycles. The average molecular weight is 161 g/mol. The molecule has 0 aliphatic heterocycles. The van der Waals surface area contributed by atoms with E-state index in [-0.39, 0.29) is 6.61 Å². The van der Waals surface area contributed by atoms with Crippen molar-refractivity contribution in [3.8, 4) is 0 Å². The van der Waals surface area contributed by atoms with Gasteiger partial charge in [-0.1, -0.05) is 0 Å². The van der Waals surface area contributed by atoms with Gasteiger partial charge in [-0.2, -0.15) is 4.39 Å². The van der Waals surface area contributed by atoms with Gasteiger partial charge in [-0.3, -0.25) is 0 Å². The van der Waals surface area contributed by atoms with E-state index in [9.17, 15) is 9.18 Å². The molecule has 0 heterocycles. The summed E-state index contributed by atoms with van der Waals surface area (Å²) in [6.45, 7) is 1.81. The van der Waals surface area contributed by atoms with Gasteiger partial charge < -0.3 is 9.64 Å². The molecule has 0 N–H and O–H groups in total. The lowest BCUT2D eigenvalue weighted by Gasteiger charge is -2.04. The Bertz CT molecular complexity index is 166. The van der Waals surface area contributed by atoms with Gasteiger partial charge in [0.1, 0.15) is 0 Å². The highest BCUT2D eigenvalue weighted by Gasteiger charge is 2.08. The molecular formula is C7H12FNO2. The zero-order valence-electron chi connectivity index (χ0n) is 6.93. The fourth-order valence-electron chi connectivity index (χ4n) is 0.479. The topological polar surface area (TPSA) is 29.5 Å². The van der Waals surface area contributed by atoms with Crippen LogP contribution >= 0.6 is 0 Å². The van der Waals surface area contributed by atoms with Crippen molar-refractivity contribution in [1.82, 2.24) is 4.90 Å². The third kappa shape index (κ3) is 4.36. The van der Waals surface area contributed by atoms with Crippen LogP contribution < -0.4 is 0 Å². The number of halogens is 1. The van der Waals surface area contributed by atoms with Crippen LogP contribution in [0.5, 0.6) is 0 Å². The molecule has 0 aromatic heterocycles. The molecule has 0 aromatic rings. The summed E-state index contributed by atoms with van der Waals surface area (Å²) in [7, 11) is 3.25. The summed E-state index contributed by atoms with van der Waals surface area (Å²) in [5, 5.41) is 0. The summed E-state index contributed by atoms with van der Waals surface area (Å²) in [5.41, 5.74) is 0. The van der Waals surface area contributed by atoms with E-state index < -0.39 is 11.8 Å². The van der Waals surface area contributed by atoms with Crippen LogP contribution in [-0.2, 0) is 9.53 Å². The Labute approximate surface area is 65.4 Å². The van der Waals surface area contributed by atoms with Crippen molar-refractivity contribution in [2.75, 3.05) is 20.7 Å². The number of hydrogen-bond acceptors (Lipinski definition) is 3. The zero-order chi connectivity index (χ0) is 8.85. The van der Waals surface area contributed by atoms with Crippen molar-refractivity contribution in [2.45, 2.75) is 6.92 Å². The van der Waals surface area contributed by atoms with Crippen molar-refractivity contribution in [3.05, 3.63) is 12.0 Å². The van der Waals surface area contributed by atoms with E-state index >= 15 is 0 Å². The molecule has 11 heavy (non-hydrogen) atoms. The molecule has 0 saturated carbocycles. The smallest absolute Gasteiger partial charge is 0.368 e. The maximum absolute atomic E-state index is 12.6. The highest BCUT2D eigenvalue weighted by Crippen LogP contribution is 1.99. The summed E-state index contributed by atoms with van der Waals surface area (Å²) in [6, 6.07) is 0. The van der Waals surface area contributed by atoms with Crippen LogP contribution in [0.2, 0.25) is 0 Å². The Morgan fingerprint density at radius 2 is 2.18 bits per heavy atom. The molecule has 0 unspecified atom stereocenters. The SMILES string of the molecule is CCOC(=O)/C(F)=C/N(C)C. The van der Waals surface area contributed by atoms with Crippen molar-refractivity contribution in [3.63, 3.8) is 0 Å². The van der Waals surface area contributed by atoms with Gasteiger partial charge in [-0.25, -0.2) is 4.79 Å². The Morgan fingerprint density at radius 3 is 2.55 bits per heavy atom. The van der Waals surface area contributed by atoms with Crippen LogP contribution in [0, 0.1) is 0 Å². The first kappa shape index (κ1) is 9.94. The molecule has 0 spiro atoms. The molecule has 0 amide bonds. The predicted octanol–water partition coefficient (Wildman–Crippen LogP) is 0.922. The van der Waals surface area contributed by atoms with E-state index in [4.69, 9.17) is 0 Å². The van der Waals surface area contributed by atoms with Gasteiger partial charge in [0.05, 0.1) is 6.61 Å². The minimum absolute atomic E-state index is 0.188. The summed E-state index contributed by atoms with van der Waals surface area (Å²) in [6.07, 6.45) is 1.07. The molecule has 0 rings (SSSR count). The van der Waals surface area contributed by atoms with E-state index in [0.717, 1.165) is 6.20 Å². The molecule has 0 aliphatic rings. The van der Waals surface area contributed by atoms with Gasteiger partial charge in [0.15, 0.2) is 0 Å². The van der Waals surface area contributed by atoms with Gasteiger partial charge in [0, 0.05) is 20.3 Å². The van der Waals surface area contributed by atoms with Crippen LogP contribution in [0.15, 0.2) is 12.0 Å². The predicted molar refractivity (Wildman–Crippen MR) is 39.5 cm³/mol. The first-order chi connectivity index (χ1) is 5.07. The van der Waals surface area contributed by atoms with Crippen LogP contribution in [0.1, 0.15) is 6.92 Å². The minimum atomic E-state index is -0.916. The second-order valence-electron chi connectivity index (χ2n) is 2.16. The highest BCUT2D eigenvalue weighted by molar-refractivity contribution is 5.85. The second kappa shape index (κ2) is 4.71. The van der Waals surface area contributed by atoms with Crippen LogP contribution in [0.3, 0.4) is 0 Å². The monoisotopic (exact) mass is 161 g/mol. The van der Waals surface area contributed by atoms with E-state index in [1.165, 1.54) is 4.90 Å². The minimum Gasteiger partial charge on any atom is -0.461 e. The van der Waals surface area contributed by atoms with Gasteiger partial charge in [-0.05, 0) is 6.92 Å². The van der Waals surface area contributed by atoms with Crippen molar-refractivity contribution < 1.29 is 13.9 Å². The van der Waals surface area contributed by atoms with E-state index in [1.807, 2.05) is 0 Å². The van der Waals surface area contributed by atoms with E-state index in [2.05, 4.69) is 4.74 Å². The summed E-state index contributed by atoms with van der Waals surface area (Å²) in [4.78, 5) is 12.0. The van der Waals surface area contributed by atoms with Crippen LogP contribution in [0.25, 0.3) is 0 Å². The number of rotatable bonds is 3. The number of hydrogen-bond donors (Lipinski definition) is 0. The number of esters is 1. The van der Waals surface area contributed by atoms with E-state index in [1.54, 1.807) is 21.0 Å². The molecule has 0 atom stereocenters.